The molecule has 9 heteroatoms. The average molecular weight is 331 g/mol. The molecule has 1 saturated heterocycles. The fraction of sp³-hybridized carbons (Fsp3) is 0.538. The van der Waals surface area contributed by atoms with Gasteiger partial charge in [-0.25, -0.2) is 9.97 Å². The van der Waals surface area contributed by atoms with Gasteiger partial charge in [0.1, 0.15) is 12.4 Å². The van der Waals surface area contributed by atoms with Crippen LogP contribution in [0, 0.1) is 0 Å². The largest absolute Gasteiger partial charge is 0.406 e. The molecule has 0 spiro atoms. The maximum absolute atomic E-state index is 12.5. The quantitative estimate of drug-likeness (QED) is 0.861. The van der Waals surface area contributed by atoms with Gasteiger partial charge in [0, 0.05) is 50.1 Å². The lowest BCUT2D eigenvalue weighted by Crippen LogP contribution is -2.46. The summed E-state index contributed by atoms with van der Waals surface area (Å²) in [7, 11) is 0. The van der Waals surface area contributed by atoms with E-state index in [1.165, 1.54) is 17.0 Å². The molecular weight excluding hydrogens is 315 g/mol. The first kappa shape index (κ1) is 15.3. The van der Waals surface area contributed by atoms with Crippen molar-refractivity contribution in [2.24, 2.45) is 0 Å². The van der Waals surface area contributed by atoms with Crippen LogP contribution in [0.25, 0.3) is 0 Å². The first-order valence-electron chi connectivity index (χ1n) is 6.95. The highest BCUT2D eigenvalue weighted by atomic mass is 32.1. The van der Waals surface area contributed by atoms with E-state index in [4.69, 9.17) is 0 Å². The lowest BCUT2D eigenvalue weighted by molar-refractivity contribution is -0.141. The molecule has 1 fully saturated rings. The van der Waals surface area contributed by atoms with E-state index in [9.17, 15) is 13.2 Å². The highest BCUT2D eigenvalue weighted by Crippen LogP contribution is 2.21. The van der Waals surface area contributed by atoms with Gasteiger partial charge in [-0.1, -0.05) is 0 Å². The molecule has 3 rings (SSSR count). The predicted octanol–water partition coefficient (Wildman–Crippen LogP) is 2.22. The van der Waals surface area contributed by atoms with E-state index in [0.29, 0.717) is 12.4 Å². The minimum atomic E-state index is -4.22. The number of piperazine rings is 1. The molecule has 2 aromatic rings. The third kappa shape index (κ3) is 3.77. The second-order valence-electron chi connectivity index (χ2n) is 5.16. The summed E-state index contributed by atoms with van der Waals surface area (Å²) >= 11 is 1.60. The van der Waals surface area contributed by atoms with E-state index in [1.54, 1.807) is 17.5 Å². The summed E-state index contributed by atoms with van der Waals surface area (Å²) in [5, 5.41) is 2.94. The molecule has 22 heavy (non-hydrogen) atoms. The molecule has 0 unspecified atom stereocenters. The second-order valence-corrected chi connectivity index (χ2v) is 6.04. The van der Waals surface area contributed by atoms with Gasteiger partial charge < -0.3 is 9.47 Å². The van der Waals surface area contributed by atoms with Crippen molar-refractivity contribution in [3.05, 3.63) is 29.8 Å². The molecule has 1 aliphatic rings. The number of anilines is 1. The van der Waals surface area contributed by atoms with Gasteiger partial charge in [-0.2, -0.15) is 13.2 Å². The van der Waals surface area contributed by atoms with Crippen molar-refractivity contribution in [2.75, 3.05) is 31.1 Å². The average Bonchev–Trinajstić information content (AvgIpc) is 3.11. The summed E-state index contributed by atoms with van der Waals surface area (Å²) in [4.78, 5) is 12.7. The summed E-state index contributed by atoms with van der Waals surface area (Å²) in [5.74, 6) is 0.458. The molecule has 0 saturated carbocycles. The summed E-state index contributed by atoms with van der Waals surface area (Å²) in [6.45, 7) is 2.69. The maximum Gasteiger partial charge on any atom is 0.406 e. The van der Waals surface area contributed by atoms with Gasteiger partial charge in [0.05, 0.1) is 6.54 Å². The number of hydrogen-bond acceptors (Lipinski definition) is 5. The van der Waals surface area contributed by atoms with E-state index in [0.717, 1.165) is 31.3 Å². The minimum absolute atomic E-state index is 0.439. The molecule has 0 N–H and O–H groups in total. The Hall–Kier alpha value is -1.61. The Kier molecular flexibility index (Phi) is 4.34. The van der Waals surface area contributed by atoms with E-state index in [2.05, 4.69) is 19.8 Å². The van der Waals surface area contributed by atoms with Crippen molar-refractivity contribution in [1.29, 1.82) is 0 Å². The fourth-order valence-corrected chi connectivity index (χ4v) is 3.19. The van der Waals surface area contributed by atoms with Crippen LogP contribution in [0.4, 0.5) is 18.3 Å². The van der Waals surface area contributed by atoms with Crippen molar-refractivity contribution in [1.82, 2.24) is 19.4 Å². The molecule has 0 atom stereocenters. The van der Waals surface area contributed by atoms with Gasteiger partial charge in [-0.05, 0) is 0 Å². The van der Waals surface area contributed by atoms with Crippen LogP contribution >= 0.6 is 11.3 Å². The molecule has 0 amide bonds. The normalized spacial score (nSPS) is 17.1. The molecule has 2 aromatic heterocycles. The third-order valence-corrected chi connectivity index (χ3v) is 4.41. The van der Waals surface area contributed by atoms with Gasteiger partial charge in [0.25, 0.3) is 0 Å². The summed E-state index contributed by atoms with van der Waals surface area (Å²) in [6.07, 6.45) is 0.362. The summed E-state index contributed by atoms with van der Waals surface area (Å²) in [6, 6.07) is 0. The van der Waals surface area contributed by atoms with Crippen LogP contribution < -0.4 is 4.90 Å². The Morgan fingerprint density at radius 1 is 1.09 bits per heavy atom. The smallest absolute Gasteiger partial charge is 0.346 e. The number of thiazole rings is 1. The highest BCUT2D eigenvalue weighted by molar-refractivity contribution is 7.13. The number of rotatable bonds is 4. The first-order chi connectivity index (χ1) is 10.5. The summed E-state index contributed by atoms with van der Waals surface area (Å²) in [5.41, 5.74) is 0. The van der Waals surface area contributed by atoms with Crippen molar-refractivity contribution in [3.8, 4) is 0 Å². The SMILES string of the molecule is FC(F)(F)Cn1ccnc1CN1CCN(c2nccs2)CC1. The van der Waals surface area contributed by atoms with Crippen molar-refractivity contribution in [3.63, 3.8) is 0 Å². The molecule has 0 radical (unpaired) electrons. The van der Waals surface area contributed by atoms with E-state index in [1.807, 2.05) is 5.38 Å². The van der Waals surface area contributed by atoms with E-state index >= 15 is 0 Å². The zero-order valence-electron chi connectivity index (χ0n) is 11.8. The summed E-state index contributed by atoms with van der Waals surface area (Å²) < 4.78 is 38.7. The number of halogens is 3. The number of hydrogen-bond donors (Lipinski definition) is 0. The lowest BCUT2D eigenvalue weighted by Gasteiger charge is -2.34. The van der Waals surface area contributed by atoms with E-state index < -0.39 is 12.7 Å². The van der Waals surface area contributed by atoms with Crippen molar-refractivity contribution < 1.29 is 13.2 Å². The molecule has 120 valence electrons. The zero-order valence-corrected chi connectivity index (χ0v) is 12.6. The van der Waals surface area contributed by atoms with Gasteiger partial charge in [0.2, 0.25) is 0 Å². The van der Waals surface area contributed by atoms with Gasteiger partial charge in [0.15, 0.2) is 5.13 Å². The van der Waals surface area contributed by atoms with Crippen molar-refractivity contribution in [2.45, 2.75) is 19.3 Å². The van der Waals surface area contributed by atoms with Crippen LogP contribution in [0.1, 0.15) is 5.82 Å². The van der Waals surface area contributed by atoms with Crippen LogP contribution in [0.15, 0.2) is 24.0 Å². The molecule has 1 aliphatic heterocycles. The van der Waals surface area contributed by atoms with Crippen LogP contribution in [0.3, 0.4) is 0 Å². The first-order valence-corrected chi connectivity index (χ1v) is 7.83. The standard InChI is InChI=1S/C13H16F3N5S/c14-13(15,16)10-21-3-1-17-11(21)9-19-4-6-20(7-5-19)12-18-2-8-22-12/h1-3,8H,4-7,9-10H2. The Morgan fingerprint density at radius 2 is 1.86 bits per heavy atom. The number of aromatic nitrogens is 3. The zero-order chi connectivity index (χ0) is 15.6. The van der Waals surface area contributed by atoms with Crippen LogP contribution in [0.2, 0.25) is 0 Å². The molecule has 0 bridgehead atoms. The Morgan fingerprint density at radius 3 is 2.50 bits per heavy atom. The lowest BCUT2D eigenvalue weighted by atomic mass is 10.3. The fourth-order valence-electron chi connectivity index (χ4n) is 2.50. The molecular formula is C13H16F3N5S. The topological polar surface area (TPSA) is 37.2 Å². The Balaban J connectivity index is 1.56. The van der Waals surface area contributed by atoms with Gasteiger partial charge >= 0.3 is 6.18 Å². The molecule has 3 heterocycles. The highest BCUT2D eigenvalue weighted by Gasteiger charge is 2.29. The molecule has 0 aliphatic carbocycles. The number of imidazole rings is 1. The maximum atomic E-state index is 12.5. The van der Waals surface area contributed by atoms with Gasteiger partial charge in [-0.3, -0.25) is 4.90 Å². The number of alkyl halides is 3. The monoisotopic (exact) mass is 331 g/mol. The molecule has 0 aromatic carbocycles. The van der Waals surface area contributed by atoms with Crippen LogP contribution in [0.5, 0.6) is 0 Å². The van der Waals surface area contributed by atoms with Gasteiger partial charge in [-0.15, -0.1) is 11.3 Å². The van der Waals surface area contributed by atoms with E-state index in [-0.39, 0.29) is 0 Å². The van der Waals surface area contributed by atoms with Crippen molar-refractivity contribution >= 4 is 16.5 Å². The second kappa shape index (κ2) is 6.25. The minimum Gasteiger partial charge on any atom is -0.346 e. The van der Waals surface area contributed by atoms with Crippen LogP contribution in [-0.4, -0.2) is 51.8 Å². The predicted molar refractivity (Wildman–Crippen MR) is 77.9 cm³/mol. The third-order valence-electron chi connectivity index (χ3n) is 3.58. The number of nitrogens with zero attached hydrogens (tertiary/aromatic N) is 5. The molecule has 5 nitrogen and oxygen atoms in total. The van der Waals surface area contributed by atoms with Crippen LogP contribution in [-0.2, 0) is 13.1 Å². The Labute approximate surface area is 130 Å². The Bertz CT molecular complexity index is 587.